The lowest BCUT2D eigenvalue weighted by Gasteiger charge is -2.17. The molecular formula is C17H27NO3S. The van der Waals surface area contributed by atoms with E-state index in [9.17, 15) is 13.2 Å². The van der Waals surface area contributed by atoms with Gasteiger partial charge in [-0.05, 0) is 43.4 Å². The van der Waals surface area contributed by atoms with Crippen molar-refractivity contribution in [1.82, 2.24) is 5.32 Å². The van der Waals surface area contributed by atoms with Gasteiger partial charge < -0.3 is 5.32 Å². The average molecular weight is 325 g/mol. The second-order valence-electron chi connectivity index (χ2n) is 7.08. The van der Waals surface area contributed by atoms with Crippen molar-refractivity contribution in [1.29, 1.82) is 0 Å². The molecule has 0 aliphatic carbocycles. The van der Waals surface area contributed by atoms with Crippen LogP contribution in [0.25, 0.3) is 0 Å². The number of sulfone groups is 1. The third kappa shape index (κ3) is 5.79. The molecule has 4 nitrogen and oxygen atoms in total. The van der Waals surface area contributed by atoms with Gasteiger partial charge in [0.1, 0.15) is 0 Å². The van der Waals surface area contributed by atoms with E-state index in [2.05, 4.69) is 5.32 Å². The molecule has 1 amide bonds. The quantitative estimate of drug-likeness (QED) is 0.874. The maximum absolute atomic E-state index is 12.0. The molecule has 0 aromatic heterocycles. The number of nitrogens with one attached hydrogen (secondary N) is 1. The Balaban J connectivity index is 2.54. The van der Waals surface area contributed by atoms with Crippen molar-refractivity contribution in [3.05, 3.63) is 29.8 Å². The zero-order valence-electron chi connectivity index (χ0n) is 14.1. The van der Waals surface area contributed by atoms with E-state index in [1.54, 1.807) is 26.0 Å². The van der Waals surface area contributed by atoms with Crippen LogP contribution in [0.2, 0.25) is 0 Å². The van der Waals surface area contributed by atoms with E-state index >= 15 is 0 Å². The second-order valence-corrected chi connectivity index (χ2v) is 9.58. The van der Waals surface area contributed by atoms with Gasteiger partial charge in [-0.1, -0.05) is 32.9 Å². The van der Waals surface area contributed by atoms with E-state index in [-0.39, 0.29) is 11.3 Å². The van der Waals surface area contributed by atoms with Gasteiger partial charge in [-0.3, -0.25) is 4.79 Å². The first-order chi connectivity index (χ1) is 10.0. The lowest BCUT2D eigenvalue weighted by atomic mass is 9.92. The minimum absolute atomic E-state index is 0.0169. The Morgan fingerprint density at radius 1 is 1.14 bits per heavy atom. The van der Waals surface area contributed by atoms with Gasteiger partial charge >= 0.3 is 0 Å². The first-order valence-corrected chi connectivity index (χ1v) is 9.16. The molecule has 0 saturated heterocycles. The van der Waals surface area contributed by atoms with Crippen LogP contribution in [0.5, 0.6) is 0 Å². The molecule has 1 rings (SSSR count). The van der Waals surface area contributed by atoms with Crippen molar-refractivity contribution in [2.75, 3.05) is 6.54 Å². The normalized spacial score (nSPS) is 12.5. The minimum atomic E-state index is -3.22. The van der Waals surface area contributed by atoms with Gasteiger partial charge in [0.25, 0.3) is 0 Å². The Bertz CT molecular complexity index is 596. The van der Waals surface area contributed by atoms with Crippen LogP contribution in [0.15, 0.2) is 29.2 Å². The Labute approximate surface area is 134 Å². The molecule has 1 aromatic carbocycles. The minimum Gasteiger partial charge on any atom is -0.356 e. The zero-order valence-corrected chi connectivity index (χ0v) is 15.0. The Kier molecular flexibility index (Phi) is 6.17. The number of amides is 1. The maximum Gasteiger partial charge on any atom is 0.220 e. The molecule has 22 heavy (non-hydrogen) atoms. The van der Waals surface area contributed by atoms with Gasteiger partial charge in [-0.25, -0.2) is 8.42 Å². The van der Waals surface area contributed by atoms with Crippen LogP contribution in [-0.4, -0.2) is 26.1 Å². The van der Waals surface area contributed by atoms with Gasteiger partial charge in [-0.15, -0.1) is 0 Å². The molecule has 0 spiro atoms. The number of rotatable bonds is 6. The molecule has 0 fully saturated rings. The number of benzene rings is 1. The highest BCUT2D eigenvalue weighted by Gasteiger charge is 2.18. The molecule has 0 unspecified atom stereocenters. The number of carbonyl (C=O) groups excluding carboxylic acids is 1. The van der Waals surface area contributed by atoms with E-state index in [0.717, 1.165) is 5.56 Å². The molecule has 0 saturated carbocycles. The third-order valence-corrected chi connectivity index (χ3v) is 5.47. The molecule has 124 valence electrons. The third-order valence-electron chi connectivity index (χ3n) is 3.30. The summed E-state index contributed by atoms with van der Waals surface area (Å²) in [6, 6.07) is 6.90. The number of hydrogen-bond acceptors (Lipinski definition) is 3. The summed E-state index contributed by atoms with van der Waals surface area (Å²) in [4.78, 5) is 12.1. The molecule has 0 bridgehead atoms. The smallest absolute Gasteiger partial charge is 0.220 e. The molecule has 0 radical (unpaired) electrons. The highest BCUT2D eigenvalue weighted by atomic mass is 32.2. The molecule has 5 heteroatoms. The Morgan fingerprint density at radius 2 is 1.68 bits per heavy atom. The molecule has 0 atom stereocenters. The molecule has 0 heterocycles. The first kappa shape index (κ1) is 18.7. The summed E-state index contributed by atoms with van der Waals surface area (Å²) >= 11 is 0. The van der Waals surface area contributed by atoms with Gasteiger partial charge in [-0.2, -0.15) is 0 Å². The van der Waals surface area contributed by atoms with Gasteiger partial charge in [0, 0.05) is 13.0 Å². The summed E-state index contributed by atoms with van der Waals surface area (Å²) in [5.74, 6) is 0.0477. The van der Waals surface area contributed by atoms with Crippen LogP contribution in [0.3, 0.4) is 0 Å². The van der Waals surface area contributed by atoms with Gasteiger partial charge in [0.2, 0.25) is 5.91 Å². The van der Waals surface area contributed by atoms with E-state index in [1.807, 2.05) is 32.9 Å². The summed E-state index contributed by atoms with van der Waals surface area (Å²) in [7, 11) is -3.22. The monoisotopic (exact) mass is 325 g/mol. The fourth-order valence-electron chi connectivity index (χ4n) is 2.01. The van der Waals surface area contributed by atoms with E-state index in [4.69, 9.17) is 0 Å². The van der Waals surface area contributed by atoms with Crippen LogP contribution >= 0.6 is 0 Å². The zero-order chi connectivity index (χ0) is 17.0. The Hall–Kier alpha value is -1.36. The molecule has 1 aromatic rings. The molecule has 0 aliphatic rings. The summed E-state index contributed by atoms with van der Waals surface area (Å²) in [5, 5.41) is 2.47. The van der Waals surface area contributed by atoms with Crippen molar-refractivity contribution >= 4 is 15.7 Å². The average Bonchev–Trinajstić information content (AvgIpc) is 2.37. The summed E-state index contributed by atoms with van der Waals surface area (Å²) < 4.78 is 24.0. The fraction of sp³-hybridized carbons (Fsp3) is 0.588. The van der Waals surface area contributed by atoms with Crippen LogP contribution in [0, 0.1) is 5.41 Å². The highest BCUT2D eigenvalue weighted by Crippen LogP contribution is 2.18. The summed E-state index contributed by atoms with van der Waals surface area (Å²) in [5.41, 5.74) is 0.996. The summed E-state index contributed by atoms with van der Waals surface area (Å²) in [6.07, 6.45) is 1.19. The van der Waals surface area contributed by atoms with E-state index in [0.29, 0.717) is 24.3 Å². The largest absolute Gasteiger partial charge is 0.356 e. The topological polar surface area (TPSA) is 63.2 Å². The lowest BCUT2D eigenvalue weighted by molar-refractivity contribution is -0.122. The van der Waals surface area contributed by atoms with Crippen molar-refractivity contribution < 1.29 is 13.2 Å². The van der Waals surface area contributed by atoms with Crippen LogP contribution in [-0.2, 0) is 21.1 Å². The van der Waals surface area contributed by atoms with Gasteiger partial charge in [0.05, 0.1) is 10.1 Å². The standard InChI is InChI=1S/C17H27NO3S/c1-13(2)22(20,21)15-8-6-14(7-9-15)10-11-18-16(19)12-17(3,4)5/h6-9,13H,10-12H2,1-5H3,(H,18,19). The molecule has 1 N–H and O–H groups in total. The van der Waals surface area contributed by atoms with Crippen LogP contribution in [0.1, 0.15) is 46.6 Å². The van der Waals surface area contributed by atoms with Crippen LogP contribution in [0.4, 0.5) is 0 Å². The maximum atomic E-state index is 12.0. The fourth-order valence-corrected chi connectivity index (χ4v) is 3.07. The van der Waals surface area contributed by atoms with Crippen molar-refractivity contribution in [3.63, 3.8) is 0 Å². The van der Waals surface area contributed by atoms with Crippen molar-refractivity contribution in [2.45, 2.75) is 57.6 Å². The van der Waals surface area contributed by atoms with Crippen LogP contribution < -0.4 is 5.32 Å². The van der Waals surface area contributed by atoms with Gasteiger partial charge in [0.15, 0.2) is 9.84 Å². The predicted molar refractivity (Wildman–Crippen MR) is 89.5 cm³/mol. The Morgan fingerprint density at radius 3 is 2.14 bits per heavy atom. The van der Waals surface area contributed by atoms with E-state index < -0.39 is 15.1 Å². The number of carbonyl (C=O) groups is 1. The highest BCUT2D eigenvalue weighted by molar-refractivity contribution is 7.92. The SMILES string of the molecule is CC(C)S(=O)(=O)c1ccc(CCNC(=O)CC(C)(C)C)cc1. The lowest BCUT2D eigenvalue weighted by Crippen LogP contribution is -2.29. The molecule has 0 aliphatic heterocycles. The first-order valence-electron chi connectivity index (χ1n) is 7.62. The van der Waals surface area contributed by atoms with Crippen molar-refractivity contribution in [3.8, 4) is 0 Å². The predicted octanol–water partition coefficient (Wildman–Crippen LogP) is 2.96. The van der Waals surface area contributed by atoms with Crippen molar-refractivity contribution in [2.24, 2.45) is 5.41 Å². The summed E-state index contributed by atoms with van der Waals surface area (Å²) in [6.45, 7) is 9.99. The second kappa shape index (κ2) is 7.27. The number of hydrogen-bond donors (Lipinski definition) is 1. The van der Waals surface area contributed by atoms with E-state index in [1.165, 1.54) is 0 Å². The molecular weight excluding hydrogens is 298 g/mol.